The van der Waals surface area contributed by atoms with Crippen LogP contribution in [-0.4, -0.2) is 18.0 Å². The Morgan fingerprint density at radius 1 is 1.10 bits per heavy atom. The molecule has 0 amide bonds. The molecule has 0 bridgehead atoms. The molecule has 20 heavy (non-hydrogen) atoms. The van der Waals surface area contributed by atoms with E-state index in [0.717, 1.165) is 4.90 Å². The first-order valence-corrected chi connectivity index (χ1v) is 6.98. The average Bonchev–Trinajstić information content (AvgIpc) is 2.46. The summed E-state index contributed by atoms with van der Waals surface area (Å²) >= 11 is 1.36. The monoisotopic (exact) mass is 296 g/mol. The van der Waals surface area contributed by atoms with Crippen LogP contribution in [0.4, 0.5) is 8.78 Å². The van der Waals surface area contributed by atoms with Gasteiger partial charge in [-0.15, -0.1) is 11.8 Å². The molecule has 1 N–H and O–H groups in total. The van der Waals surface area contributed by atoms with Crippen molar-refractivity contribution in [2.75, 3.05) is 12.9 Å². The average molecular weight is 296 g/mol. The lowest BCUT2D eigenvalue weighted by molar-refractivity contribution is 0.198. The van der Waals surface area contributed by atoms with Gasteiger partial charge >= 0.3 is 0 Å². The van der Waals surface area contributed by atoms with Crippen LogP contribution >= 0.6 is 11.8 Å². The van der Waals surface area contributed by atoms with Crippen molar-refractivity contribution in [3.63, 3.8) is 0 Å². The molecule has 2 aromatic rings. The van der Waals surface area contributed by atoms with E-state index >= 15 is 0 Å². The molecule has 2 aromatic carbocycles. The molecule has 0 spiro atoms. The minimum atomic E-state index is -0.865. The molecule has 0 aliphatic heterocycles. The largest absolute Gasteiger partial charge is 0.496 e. The number of aliphatic hydroxyl groups excluding tert-OH is 1. The first-order chi connectivity index (χ1) is 9.60. The van der Waals surface area contributed by atoms with E-state index in [9.17, 15) is 13.9 Å². The molecule has 0 saturated heterocycles. The van der Waals surface area contributed by atoms with Gasteiger partial charge in [-0.05, 0) is 42.5 Å². The van der Waals surface area contributed by atoms with Gasteiger partial charge < -0.3 is 9.84 Å². The Kier molecular flexibility index (Phi) is 4.98. The second-order valence-electron chi connectivity index (χ2n) is 4.17. The lowest BCUT2D eigenvalue weighted by Crippen LogP contribution is -2.04. The molecule has 5 heteroatoms. The number of hydrogen-bond acceptors (Lipinski definition) is 3. The van der Waals surface area contributed by atoms with E-state index in [4.69, 9.17) is 4.74 Å². The zero-order valence-corrected chi connectivity index (χ0v) is 11.7. The molecule has 1 atom stereocenters. The maximum absolute atomic E-state index is 13.2. The van der Waals surface area contributed by atoms with Crippen molar-refractivity contribution >= 4 is 11.8 Å². The van der Waals surface area contributed by atoms with E-state index in [1.807, 2.05) is 0 Å². The van der Waals surface area contributed by atoms with Crippen LogP contribution in [0.15, 0.2) is 47.4 Å². The summed E-state index contributed by atoms with van der Waals surface area (Å²) in [6.07, 6.45) is -0.865. The van der Waals surface area contributed by atoms with E-state index in [0.29, 0.717) is 17.1 Å². The van der Waals surface area contributed by atoms with Crippen molar-refractivity contribution in [2.24, 2.45) is 0 Å². The Labute approximate surface area is 120 Å². The van der Waals surface area contributed by atoms with Gasteiger partial charge in [0.05, 0.1) is 13.2 Å². The van der Waals surface area contributed by atoms with Gasteiger partial charge in [-0.25, -0.2) is 8.78 Å². The van der Waals surface area contributed by atoms with Crippen molar-refractivity contribution in [1.29, 1.82) is 0 Å². The van der Waals surface area contributed by atoms with Gasteiger partial charge in [-0.1, -0.05) is 0 Å². The maximum Gasteiger partial charge on any atom is 0.124 e. The molecule has 0 aliphatic rings. The van der Waals surface area contributed by atoms with Gasteiger partial charge in [0.2, 0.25) is 0 Å². The highest BCUT2D eigenvalue weighted by Gasteiger charge is 2.14. The number of benzene rings is 2. The van der Waals surface area contributed by atoms with Crippen LogP contribution in [0.1, 0.15) is 11.7 Å². The van der Waals surface area contributed by atoms with E-state index in [1.165, 1.54) is 49.2 Å². The summed E-state index contributed by atoms with van der Waals surface area (Å²) in [5, 5.41) is 10.1. The van der Waals surface area contributed by atoms with Crippen LogP contribution < -0.4 is 4.74 Å². The highest BCUT2D eigenvalue weighted by atomic mass is 32.2. The van der Waals surface area contributed by atoms with Crippen molar-refractivity contribution in [3.8, 4) is 5.75 Å². The molecule has 0 saturated carbocycles. The third-order valence-electron chi connectivity index (χ3n) is 2.77. The van der Waals surface area contributed by atoms with E-state index < -0.39 is 11.9 Å². The normalized spacial score (nSPS) is 12.2. The summed E-state index contributed by atoms with van der Waals surface area (Å²) in [6, 6.07) is 10.0. The molecule has 1 unspecified atom stereocenters. The topological polar surface area (TPSA) is 29.5 Å². The quantitative estimate of drug-likeness (QED) is 0.851. The van der Waals surface area contributed by atoms with Gasteiger partial charge in [-0.2, -0.15) is 0 Å². The number of hydrogen-bond donors (Lipinski definition) is 1. The Morgan fingerprint density at radius 2 is 1.75 bits per heavy atom. The first-order valence-electron chi connectivity index (χ1n) is 6.00. The molecule has 2 rings (SSSR count). The Balaban J connectivity index is 2.06. The van der Waals surface area contributed by atoms with Crippen molar-refractivity contribution in [1.82, 2.24) is 0 Å². The summed E-state index contributed by atoms with van der Waals surface area (Å²) < 4.78 is 31.1. The van der Waals surface area contributed by atoms with Gasteiger partial charge in [-0.3, -0.25) is 0 Å². The lowest BCUT2D eigenvalue weighted by atomic mass is 10.1. The SMILES string of the molecule is COc1ccc(F)cc1C(O)CSc1ccc(F)cc1. The summed E-state index contributed by atoms with van der Waals surface area (Å²) in [7, 11) is 1.47. The third kappa shape index (κ3) is 3.71. The van der Waals surface area contributed by atoms with Crippen LogP contribution in [0.3, 0.4) is 0 Å². The predicted octanol–water partition coefficient (Wildman–Crippen LogP) is 3.80. The number of halogens is 2. The smallest absolute Gasteiger partial charge is 0.124 e. The summed E-state index contributed by atoms with van der Waals surface area (Å²) in [5.41, 5.74) is 0.405. The molecule has 2 nitrogen and oxygen atoms in total. The highest BCUT2D eigenvalue weighted by molar-refractivity contribution is 7.99. The molecule has 0 fully saturated rings. The highest BCUT2D eigenvalue weighted by Crippen LogP contribution is 2.30. The van der Waals surface area contributed by atoms with E-state index in [2.05, 4.69) is 0 Å². The van der Waals surface area contributed by atoms with Crippen LogP contribution in [0.2, 0.25) is 0 Å². The van der Waals surface area contributed by atoms with Crippen LogP contribution in [0, 0.1) is 11.6 Å². The molecule has 0 aliphatic carbocycles. The molecule has 0 radical (unpaired) electrons. The molecular weight excluding hydrogens is 282 g/mol. The molecule has 0 heterocycles. The van der Waals surface area contributed by atoms with Crippen LogP contribution in [-0.2, 0) is 0 Å². The summed E-state index contributed by atoms with van der Waals surface area (Å²) in [4.78, 5) is 0.834. The maximum atomic E-state index is 13.2. The van der Waals surface area contributed by atoms with E-state index in [-0.39, 0.29) is 5.82 Å². The molecular formula is C15H14F2O2S. The zero-order chi connectivity index (χ0) is 14.5. The minimum absolute atomic E-state index is 0.304. The van der Waals surface area contributed by atoms with Crippen LogP contribution in [0.5, 0.6) is 5.75 Å². The Hall–Kier alpha value is -1.59. The standard InChI is InChI=1S/C15H14F2O2S/c1-19-15-7-4-11(17)8-13(15)14(18)9-20-12-5-2-10(16)3-6-12/h2-8,14,18H,9H2,1H3. The molecule has 106 valence electrons. The fourth-order valence-corrected chi connectivity index (χ4v) is 2.62. The number of methoxy groups -OCH3 is 1. The van der Waals surface area contributed by atoms with Crippen molar-refractivity contribution < 1.29 is 18.6 Å². The van der Waals surface area contributed by atoms with Crippen molar-refractivity contribution in [2.45, 2.75) is 11.0 Å². The van der Waals surface area contributed by atoms with E-state index in [1.54, 1.807) is 12.1 Å². The minimum Gasteiger partial charge on any atom is -0.496 e. The Bertz CT molecular complexity index is 573. The fourth-order valence-electron chi connectivity index (χ4n) is 1.76. The fraction of sp³-hybridized carbons (Fsp3) is 0.200. The second kappa shape index (κ2) is 6.72. The number of rotatable bonds is 5. The lowest BCUT2D eigenvalue weighted by Gasteiger charge is -2.14. The van der Waals surface area contributed by atoms with Crippen molar-refractivity contribution in [3.05, 3.63) is 59.7 Å². The van der Waals surface area contributed by atoms with Gasteiger partial charge in [0.1, 0.15) is 17.4 Å². The third-order valence-corrected chi connectivity index (χ3v) is 3.86. The number of thioether (sulfide) groups is 1. The predicted molar refractivity (Wildman–Crippen MR) is 75.0 cm³/mol. The number of aliphatic hydroxyl groups is 1. The van der Waals surface area contributed by atoms with Gasteiger partial charge in [0, 0.05) is 16.2 Å². The van der Waals surface area contributed by atoms with Gasteiger partial charge in [0.25, 0.3) is 0 Å². The first kappa shape index (κ1) is 14.8. The zero-order valence-electron chi connectivity index (χ0n) is 10.8. The molecule has 0 aromatic heterocycles. The Morgan fingerprint density at radius 3 is 2.40 bits per heavy atom. The van der Waals surface area contributed by atoms with Gasteiger partial charge in [0.15, 0.2) is 0 Å². The van der Waals surface area contributed by atoms with Crippen LogP contribution in [0.25, 0.3) is 0 Å². The summed E-state index contributed by atoms with van der Waals surface area (Å²) in [5.74, 6) is 0.0396. The summed E-state index contributed by atoms with van der Waals surface area (Å²) in [6.45, 7) is 0. The second-order valence-corrected chi connectivity index (χ2v) is 5.26. The number of ether oxygens (including phenoxy) is 1.